The molecule has 0 aromatic carbocycles. The third-order valence-corrected chi connectivity index (χ3v) is 11.4. The molecule has 7 heteroatoms. The highest BCUT2D eigenvalue weighted by Gasteiger charge is 2.64. The van der Waals surface area contributed by atoms with E-state index >= 15 is 0 Å². The number of aliphatic hydroxyl groups is 2. The topological polar surface area (TPSA) is 107 Å². The molecule has 4 aliphatic rings. The second-order valence-electron chi connectivity index (χ2n) is 12.1. The standard InChI is InChI=1S/C25H44O6S.CH4/c1-5-17-21-14-16(26)8-11-25(21,4)20-9-12-24(3)18(6-7-19(24)22(20)23(17)27)15(2)10-13-31-32(28,29)30;/h15-23,26-27H,5-14H2,1-4H3,(H,28,29,30);1H4/p-1/t15-,16-,17-,18?,19?,20?,21+,22?,23-,24-,25-;/m1./s1. The van der Waals surface area contributed by atoms with Crippen molar-refractivity contribution in [3.8, 4) is 0 Å². The van der Waals surface area contributed by atoms with Gasteiger partial charge in [0.05, 0.1) is 18.8 Å². The lowest BCUT2D eigenvalue weighted by atomic mass is 9.41. The molecule has 0 heterocycles. The molecular formula is C26H47O6S-. The van der Waals surface area contributed by atoms with Crippen molar-refractivity contribution in [3.63, 3.8) is 0 Å². The largest absolute Gasteiger partial charge is 0.726 e. The van der Waals surface area contributed by atoms with E-state index in [0.29, 0.717) is 36.0 Å². The van der Waals surface area contributed by atoms with E-state index in [1.807, 2.05) is 0 Å². The molecule has 0 spiro atoms. The molecule has 0 saturated heterocycles. The maximum absolute atomic E-state index is 11.7. The molecule has 4 saturated carbocycles. The maximum atomic E-state index is 11.7. The summed E-state index contributed by atoms with van der Waals surface area (Å²) >= 11 is 0. The SMILES string of the molecule is C.CC[C@H]1[C@@H](O)C2C3CCC([C@H](C)CCOS(=O)(=O)[O-])[C@@]3(C)CCC2[C@@]2(C)CC[C@@H](O)C[C@@H]12. The van der Waals surface area contributed by atoms with Gasteiger partial charge >= 0.3 is 0 Å². The molecule has 4 fully saturated rings. The zero-order chi connectivity index (χ0) is 23.5. The smallest absolute Gasteiger partial charge is 0.217 e. The molecular weight excluding hydrogens is 440 g/mol. The van der Waals surface area contributed by atoms with Gasteiger partial charge in [-0.15, -0.1) is 0 Å². The molecule has 6 nitrogen and oxygen atoms in total. The summed E-state index contributed by atoms with van der Waals surface area (Å²) in [6.07, 6.45) is 8.26. The molecule has 4 rings (SSSR count). The van der Waals surface area contributed by atoms with Crippen LogP contribution in [0.25, 0.3) is 0 Å². The lowest BCUT2D eigenvalue weighted by Crippen LogP contribution is -2.62. The van der Waals surface area contributed by atoms with Crippen LogP contribution in [0.3, 0.4) is 0 Å². The number of aliphatic hydroxyl groups excluding tert-OH is 2. The van der Waals surface area contributed by atoms with E-state index in [1.165, 1.54) is 0 Å². The summed E-state index contributed by atoms with van der Waals surface area (Å²) < 4.78 is 37.0. The molecule has 0 bridgehead atoms. The molecule has 0 radical (unpaired) electrons. The minimum Gasteiger partial charge on any atom is -0.726 e. The van der Waals surface area contributed by atoms with Crippen molar-refractivity contribution >= 4 is 10.4 Å². The average molecular weight is 488 g/mol. The molecule has 11 atom stereocenters. The summed E-state index contributed by atoms with van der Waals surface area (Å²) in [7, 11) is -4.64. The summed E-state index contributed by atoms with van der Waals surface area (Å²) in [6.45, 7) is 9.17. The van der Waals surface area contributed by atoms with E-state index in [1.54, 1.807) is 0 Å². The molecule has 4 aliphatic carbocycles. The fourth-order valence-electron chi connectivity index (χ4n) is 9.47. The summed E-state index contributed by atoms with van der Waals surface area (Å²) in [5.74, 6) is 2.69. The summed E-state index contributed by atoms with van der Waals surface area (Å²) in [5.41, 5.74) is 0.332. The molecule has 194 valence electrons. The first-order chi connectivity index (χ1) is 14.9. The maximum Gasteiger partial charge on any atom is 0.217 e. The van der Waals surface area contributed by atoms with Crippen LogP contribution in [0.5, 0.6) is 0 Å². The van der Waals surface area contributed by atoms with E-state index in [-0.39, 0.29) is 48.9 Å². The van der Waals surface area contributed by atoms with Crippen LogP contribution in [0.15, 0.2) is 0 Å². The van der Waals surface area contributed by atoms with Gasteiger partial charge in [0.15, 0.2) is 0 Å². The lowest BCUT2D eigenvalue weighted by Gasteiger charge is -2.64. The highest BCUT2D eigenvalue weighted by Crippen LogP contribution is 2.69. The van der Waals surface area contributed by atoms with E-state index in [4.69, 9.17) is 0 Å². The molecule has 0 aliphatic heterocycles. The highest BCUT2D eigenvalue weighted by atomic mass is 32.3. The van der Waals surface area contributed by atoms with Gasteiger partial charge in [0.2, 0.25) is 10.4 Å². The first-order valence-corrected chi connectivity index (χ1v) is 14.2. The van der Waals surface area contributed by atoms with E-state index in [0.717, 1.165) is 51.4 Å². The van der Waals surface area contributed by atoms with Crippen LogP contribution in [0.4, 0.5) is 0 Å². The number of fused-ring (bicyclic) bond motifs is 5. The van der Waals surface area contributed by atoms with Crippen LogP contribution >= 0.6 is 0 Å². The van der Waals surface area contributed by atoms with Gasteiger partial charge in [-0.3, -0.25) is 4.18 Å². The second-order valence-corrected chi connectivity index (χ2v) is 13.2. The third kappa shape index (κ3) is 4.66. The minimum absolute atomic E-state index is 0. The molecule has 33 heavy (non-hydrogen) atoms. The second kappa shape index (κ2) is 9.68. The monoisotopic (exact) mass is 487 g/mol. The van der Waals surface area contributed by atoms with Gasteiger partial charge in [-0.2, -0.15) is 0 Å². The van der Waals surface area contributed by atoms with Crippen LogP contribution in [0, 0.1) is 52.3 Å². The Morgan fingerprint density at radius 3 is 2.30 bits per heavy atom. The van der Waals surface area contributed by atoms with Crippen molar-refractivity contribution in [3.05, 3.63) is 0 Å². The van der Waals surface area contributed by atoms with Gasteiger partial charge < -0.3 is 14.8 Å². The Balaban J connectivity index is 0.00000306. The van der Waals surface area contributed by atoms with E-state index in [2.05, 4.69) is 31.9 Å². The van der Waals surface area contributed by atoms with Crippen molar-refractivity contribution in [1.29, 1.82) is 0 Å². The third-order valence-electron chi connectivity index (χ3n) is 11.0. The predicted octanol–water partition coefficient (Wildman–Crippen LogP) is 4.75. The van der Waals surface area contributed by atoms with Crippen LogP contribution in [-0.2, 0) is 14.6 Å². The van der Waals surface area contributed by atoms with Crippen molar-refractivity contribution in [2.45, 2.75) is 105 Å². The fourth-order valence-corrected chi connectivity index (χ4v) is 9.77. The molecule has 2 N–H and O–H groups in total. The van der Waals surface area contributed by atoms with Crippen LogP contribution in [0.2, 0.25) is 0 Å². The van der Waals surface area contributed by atoms with Gasteiger partial charge in [-0.1, -0.05) is 41.5 Å². The van der Waals surface area contributed by atoms with Crippen LogP contribution in [0.1, 0.15) is 92.9 Å². The van der Waals surface area contributed by atoms with E-state index < -0.39 is 10.4 Å². The van der Waals surface area contributed by atoms with Crippen molar-refractivity contribution in [2.75, 3.05) is 6.61 Å². The van der Waals surface area contributed by atoms with Crippen LogP contribution in [-0.4, -0.2) is 42.0 Å². The first kappa shape index (κ1) is 27.4. The Morgan fingerprint density at radius 2 is 1.67 bits per heavy atom. The van der Waals surface area contributed by atoms with Gasteiger partial charge in [0, 0.05) is 0 Å². The minimum atomic E-state index is -4.64. The Bertz CT molecular complexity index is 786. The average Bonchev–Trinajstić information content (AvgIpc) is 3.06. The van der Waals surface area contributed by atoms with Gasteiger partial charge in [-0.25, -0.2) is 8.42 Å². The quantitative estimate of drug-likeness (QED) is 0.413. The highest BCUT2D eigenvalue weighted by molar-refractivity contribution is 7.80. The number of hydrogen-bond donors (Lipinski definition) is 2. The van der Waals surface area contributed by atoms with Crippen molar-refractivity contribution < 1.29 is 27.4 Å². The molecule has 0 aromatic heterocycles. The Labute approximate surface area is 201 Å². The molecule has 0 aromatic rings. The fraction of sp³-hybridized carbons (Fsp3) is 1.00. The number of rotatable bonds is 6. The normalized spacial score (nSPS) is 48.2. The number of hydrogen-bond acceptors (Lipinski definition) is 6. The summed E-state index contributed by atoms with van der Waals surface area (Å²) in [6, 6.07) is 0. The van der Waals surface area contributed by atoms with Crippen molar-refractivity contribution in [1.82, 2.24) is 0 Å². The predicted molar refractivity (Wildman–Crippen MR) is 128 cm³/mol. The molecule has 0 amide bonds. The van der Waals surface area contributed by atoms with Crippen LogP contribution < -0.4 is 0 Å². The first-order valence-electron chi connectivity index (χ1n) is 12.9. The Hall–Kier alpha value is -0.210. The van der Waals surface area contributed by atoms with E-state index in [9.17, 15) is 23.2 Å². The lowest BCUT2D eigenvalue weighted by molar-refractivity contribution is -0.203. The molecule has 4 unspecified atom stereocenters. The van der Waals surface area contributed by atoms with Gasteiger partial charge in [0.1, 0.15) is 0 Å². The zero-order valence-corrected chi connectivity index (χ0v) is 21.0. The zero-order valence-electron chi connectivity index (χ0n) is 20.2. The van der Waals surface area contributed by atoms with Gasteiger partial charge in [0.25, 0.3) is 0 Å². The Morgan fingerprint density at radius 1 is 1.03 bits per heavy atom. The van der Waals surface area contributed by atoms with Crippen molar-refractivity contribution in [2.24, 2.45) is 52.3 Å². The summed E-state index contributed by atoms with van der Waals surface area (Å²) in [4.78, 5) is 0. The van der Waals surface area contributed by atoms with Gasteiger partial charge in [-0.05, 0) is 104 Å². The Kier molecular flexibility index (Phi) is 8.03. The summed E-state index contributed by atoms with van der Waals surface area (Å²) in [5, 5.41) is 22.1.